The molecule has 0 bridgehead atoms. The minimum absolute atomic E-state index is 0.0388. The molecule has 3 N–H and O–H groups in total. The van der Waals surface area contributed by atoms with E-state index in [2.05, 4.69) is 5.32 Å². The van der Waals surface area contributed by atoms with Gasteiger partial charge in [-0.2, -0.15) is 0 Å². The second-order valence-corrected chi connectivity index (χ2v) is 6.93. The van der Waals surface area contributed by atoms with Crippen molar-refractivity contribution < 1.29 is 9.59 Å². The zero-order chi connectivity index (χ0) is 17.8. The van der Waals surface area contributed by atoms with Crippen LogP contribution in [0, 0.1) is 5.92 Å². The summed E-state index contributed by atoms with van der Waals surface area (Å²) in [5.74, 6) is -0.227. The first kappa shape index (κ1) is 17.5. The fourth-order valence-electron chi connectivity index (χ4n) is 3.44. The van der Waals surface area contributed by atoms with E-state index >= 15 is 0 Å². The second kappa shape index (κ2) is 7.70. The summed E-state index contributed by atoms with van der Waals surface area (Å²) in [6, 6.07) is 14.0. The van der Waals surface area contributed by atoms with Crippen molar-refractivity contribution in [2.24, 2.45) is 11.7 Å². The van der Waals surface area contributed by atoms with Gasteiger partial charge in [0.2, 0.25) is 5.91 Å². The molecule has 1 atom stereocenters. The summed E-state index contributed by atoms with van der Waals surface area (Å²) in [4.78, 5) is 23.8. The highest BCUT2D eigenvalue weighted by Crippen LogP contribution is 2.36. The van der Waals surface area contributed by atoms with E-state index in [0.717, 1.165) is 18.4 Å². The molecule has 1 unspecified atom stereocenters. The van der Waals surface area contributed by atoms with Gasteiger partial charge in [0.15, 0.2) is 0 Å². The van der Waals surface area contributed by atoms with Gasteiger partial charge in [0.05, 0.1) is 6.04 Å². The maximum atomic E-state index is 12.7. The van der Waals surface area contributed by atoms with Crippen LogP contribution in [0.2, 0.25) is 5.02 Å². The fourth-order valence-corrected chi connectivity index (χ4v) is 3.57. The highest BCUT2D eigenvalue weighted by Gasteiger charge is 2.28. The molecule has 0 heterocycles. The third kappa shape index (κ3) is 4.20. The SMILES string of the molecule is NC(=O)c1ccc(C(=O)NC(c2ccc(Cl)cc2)C2CCCC2)cc1. The first-order valence-corrected chi connectivity index (χ1v) is 8.88. The molecule has 0 aliphatic heterocycles. The summed E-state index contributed by atoms with van der Waals surface area (Å²) in [7, 11) is 0. The molecule has 5 heteroatoms. The average Bonchev–Trinajstić information content (AvgIpc) is 3.15. The molecule has 3 rings (SSSR count). The number of rotatable bonds is 5. The van der Waals surface area contributed by atoms with Crippen LogP contribution in [0.4, 0.5) is 0 Å². The van der Waals surface area contributed by atoms with Crippen molar-refractivity contribution in [2.45, 2.75) is 31.7 Å². The molecule has 130 valence electrons. The van der Waals surface area contributed by atoms with Crippen molar-refractivity contribution in [3.05, 3.63) is 70.2 Å². The Morgan fingerprint density at radius 3 is 2.08 bits per heavy atom. The number of nitrogens with two attached hydrogens (primary N) is 1. The fraction of sp³-hybridized carbons (Fsp3) is 0.300. The lowest BCUT2D eigenvalue weighted by molar-refractivity contribution is 0.0920. The number of primary amides is 1. The van der Waals surface area contributed by atoms with Gasteiger partial charge in [-0.1, -0.05) is 36.6 Å². The zero-order valence-corrected chi connectivity index (χ0v) is 14.6. The smallest absolute Gasteiger partial charge is 0.251 e. The van der Waals surface area contributed by atoms with Crippen LogP contribution in [0.15, 0.2) is 48.5 Å². The van der Waals surface area contributed by atoms with Gasteiger partial charge in [-0.25, -0.2) is 0 Å². The molecule has 2 aromatic rings. The molecule has 1 fully saturated rings. The van der Waals surface area contributed by atoms with Crippen molar-refractivity contribution in [1.29, 1.82) is 0 Å². The Hall–Kier alpha value is -2.33. The number of hydrogen-bond acceptors (Lipinski definition) is 2. The minimum atomic E-state index is -0.503. The van der Waals surface area contributed by atoms with E-state index in [1.165, 1.54) is 12.8 Å². The third-order valence-corrected chi connectivity index (χ3v) is 5.07. The number of amides is 2. The molecule has 0 saturated heterocycles. The predicted octanol–water partition coefficient (Wildman–Crippen LogP) is 4.10. The van der Waals surface area contributed by atoms with Crippen molar-refractivity contribution in [3.8, 4) is 0 Å². The Bertz CT molecular complexity index is 750. The van der Waals surface area contributed by atoms with Crippen molar-refractivity contribution in [3.63, 3.8) is 0 Å². The number of halogens is 1. The van der Waals surface area contributed by atoms with Gasteiger partial charge < -0.3 is 11.1 Å². The largest absolute Gasteiger partial charge is 0.366 e. The molecular weight excluding hydrogens is 336 g/mol. The van der Waals surface area contributed by atoms with Gasteiger partial charge >= 0.3 is 0 Å². The number of nitrogens with one attached hydrogen (secondary N) is 1. The third-order valence-electron chi connectivity index (χ3n) is 4.82. The molecule has 1 saturated carbocycles. The second-order valence-electron chi connectivity index (χ2n) is 6.49. The monoisotopic (exact) mass is 356 g/mol. The normalized spacial score (nSPS) is 15.7. The highest BCUT2D eigenvalue weighted by atomic mass is 35.5. The molecule has 0 spiro atoms. The van der Waals surface area contributed by atoms with E-state index in [1.807, 2.05) is 24.3 Å². The van der Waals surface area contributed by atoms with Crippen LogP contribution in [0.3, 0.4) is 0 Å². The summed E-state index contributed by atoms with van der Waals surface area (Å²) < 4.78 is 0. The van der Waals surface area contributed by atoms with Gasteiger partial charge in [-0.3, -0.25) is 9.59 Å². The number of carbonyl (C=O) groups excluding carboxylic acids is 2. The van der Waals surface area contributed by atoms with Crippen LogP contribution < -0.4 is 11.1 Å². The van der Waals surface area contributed by atoms with Crippen LogP contribution in [-0.4, -0.2) is 11.8 Å². The molecule has 25 heavy (non-hydrogen) atoms. The van der Waals surface area contributed by atoms with Gasteiger partial charge in [-0.15, -0.1) is 0 Å². The standard InChI is InChI=1S/C20H21ClN2O2/c21-17-11-9-14(10-12-17)18(13-3-1-2-4-13)23-20(25)16-7-5-15(6-8-16)19(22)24/h5-13,18H,1-4H2,(H2,22,24)(H,23,25). The maximum Gasteiger partial charge on any atom is 0.251 e. The number of hydrogen-bond donors (Lipinski definition) is 2. The van der Waals surface area contributed by atoms with Crippen LogP contribution in [-0.2, 0) is 0 Å². The maximum absolute atomic E-state index is 12.7. The Labute approximate surface area is 152 Å². The van der Waals surface area contributed by atoms with Crippen molar-refractivity contribution in [1.82, 2.24) is 5.32 Å². The van der Waals surface area contributed by atoms with Gasteiger partial charge in [0.1, 0.15) is 0 Å². The number of carbonyl (C=O) groups is 2. The Morgan fingerprint density at radius 2 is 1.52 bits per heavy atom. The van der Waals surface area contributed by atoms with Crippen molar-refractivity contribution in [2.75, 3.05) is 0 Å². The zero-order valence-electron chi connectivity index (χ0n) is 13.9. The molecule has 1 aliphatic carbocycles. The molecule has 2 amide bonds. The molecule has 2 aromatic carbocycles. The Balaban J connectivity index is 1.80. The first-order valence-electron chi connectivity index (χ1n) is 8.51. The average molecular weight is 357 g/mol. The summed E-state index contributed by atoms with van der Waals surface area (Å²) in [6.45, 7) is 0. The van der Waals surface area contributed by atoms with Gasteiger partial charge in [-0.05, 0) is 60.7 Å². The summed E-state index contributed by atoms with van der Waals surface area (Å²) in [5.41, 5.74) is 7.22. The van der Waals surface area contributed by atoms with Crippen molar-refractivity contribution >= 4 is 23.4 Å². The summed E-state index contributed by atoms with van der Waals surface area (Å²) in [5, 5.41) is 3.84. The minimum Gasteiger partial charge on any atom is -0.366 e. The molecule has 1 aliphatic rings. The first-order chi connectivity index (χ1) is 12.0. The lowest BCUT2D eigenvalue weighted by Gasteiger charge is -2.25. The molecule has 0 radical (unpaired) electrons. The van der Waals surface area contributed by atoms with Gasteiger partial charge in [0, 0.05) is 16.1 Å². The van der Waals surface area contributed by atoms with Gasteiger partial charge in [0.25, 0.3) is 5.91 Å². The Morgan fingerprint density at radius 1 is 0.960 bits per heavy atom. The van der Waals surface area contributed by atoms with E-state index < -0.39 is 5.91 Å². The van der Waals surface area contributed by atoms with Crippen LogP contribution >= 0.6 is 11.6 Å². The highest BCUT2D eigenvalue weighted by molar-refractivity contribution is 6.30. The molecular formula is C20H21ClN2O2. The predicted molar refractivity (Wildman–Crippen MR) is 98.6 cm³/mol. The van der Waals surface area contributed by atoms with E-state index in [1.54, 1.807) is 24.3 Å². The molecule has 0 aromatic heterocycles. The lowest BCUT2D eigenvalue weighted by Crippen LogP contribution is -2.32. The van der Waals surface area contributed by atoms with E-state index in [9.17, 15) is 9.59 Å². The van der Waals surface area contributed by atoms with Crippen LogP contribution in [0.25, 0.3) is 0 Å². The quantitative estimate of drug-likeness (QED) is 0.846. The Kier molecular flexibility index (Phi) is 5.39. The van der Waals surface area contributed by atoms with E-state index in [0.29, 0.717) is 22.1 Å². The number of benzene rings is 2. The summed E-state index contributed by atoms with van der Waals surface area (Å²) in [6.07, 6.45) is 4.60. The van der Waals surface area contributed by atoms with E-state index in [4.69, 9.17) is 17.3 Å². The van der Waals surface area contributed by atoms with Crippen LogP contribution in [0.5, 0.6) is 0 Å². The van der Waals surface area contributed by atoms with Crippen LogP contribution in [0.1, 0.15) is 58.0 Å². The molecule has 4 nitrogen and oxygen atoms in total. The lowest BCUT2D eigenvalue weighted by atomic mass is 9.91. The summed E-state index contributed by atoms with van der Waals surface area (Å²) >= 11 is 5.99. The topological polar surface area (TPSA) is 72.2 Å². The van der Waals surface area contributed by atoms with E-state index in [-0.39, 0.29) is 11.9 Å².